The van der Waals surface area contributed by atoms with Crippen LogP contribution >= 0.6 is 11.6 Å². The lowest BCUT2D eigenvalue weighted by Gasteiger charge is -2.06. The number of rotatable bonds is 6. The van der Waals surface area contributed by atoms with Crippen LogP contribution in [-0.4, -0.2) is 27.6 Å². The van der Waals surface area contributed by atoms with Crippen molar-refractivity contribution in [1.82, 2.24) is 4.98 Å². The van der Waals surface area contributed by atoms with Gasteiger partial charge < -0.3 is 4.42 Å². The summed E-state index contributed by atoms with van der Waals surface area (Å²) in [5.41, 5.74) is 0.473. The first-order valence-electron chi connectivity index (χ1n) is 8.41. The van der Waals surface area contributed by atoms with Crippen LogP contribution in [0.3, 0.4) is 0 Å². The predicted molar refractivity (Wildman–Crippen MR) is 106 cm³/mol. The molecule has 28 heavy (non-hydrogen) atoms. The third kappa shape index (κ3) is 4.14. The van der Waals surface area contributed by atoms with Crippen molar-refractivity contribution in [2.45, 2.75) is 28.9 Å². The lowest BCUT2D eigenvalue weighted by atomic mass is 10.2. The molecule has 0 aliphatic heterocycles. The molecule has 0 saturated carbocycles. The van der Waals surface area contributed by atoms with Gasteiger partial charge in [0.2, 0.25) is 30.6 Å². The van der Waals surface area contributed by atoms with Crippen LogP contribution in [-0.2, 0) is 19.7 Å². The van der Waals surface area contributed by atoms with E-state index in [2.05, 4.69) is 4.98 Å². The first-order valence-corrected chi connectivity index (χ1v) is 11.9. The molecule has 0 aliphatic rings. The summed E-state index contributed by atoms with van der Waals surface area (Å²) >= 11 is 5.83. The van der Waals surface area contributed by atoms with Crippen molar-refractivity contribution in [3.05, 3.63) is 59.6 Å². The van der Waals surface area contributed by atoms with Crippen LogP contribution in [0.1, 0.15) is 13.8 Å². The van der Waals surface area contributed by atoms with Gasteiger partial charge in [0.1, 0.15) is 0 Å². The Morgan fingerprint density at radius 2 is 1.57 bits per heavy atom. The third-order valence-electron chi connectivity index (χ3n) is 3.80. The highest BCUT2D eigenvalue weighted by atomic mass is 35.5. The Bertz CT molecular complexity index is 1180. The smallest absolute Gasteiger partial charge is 0.258 e. The summed E-state index contributed by atoms with van der Waals surface area (Å²) in [7, 11) is -8.25. The van der Waals surface area contributed by atoms with Crippen molar-refractivity contribution in [2.24, 2.45) is 5.92 Å². The Labute approximate surface area is 169 Å². The minimum atomic E-state index is -4.24. The fraction of sp³-hybridized carbons (Fsp3) is 0.211. The van der Waals surface area contributed by atoms with Gasteiger partial charge in [-0.2, -0.15) is 4.98 Å². The van der Waals surface area contributed by atoms with Crippen molar-refractivity contribution in [3.63, 3.8) is 0 Å². The largest absolute Gasteiger partial charge is 0.423 e. The van der Waals surface area contributed by atoms with E-state index in [1.165, 1.54) is 24.3 Å². The van der Waals surface area contributed by atoms with Crippen LogP contribution in [0.5, 0.6) is 0 Å². The van der Waals surface area contributed by atoms with E-state index in [1.54, 1.807) is 44.2 Å². The fourth-order valence-electron chi connectivity index (χ4n) is 2.60. The van der Waals surface area contributed by atoms with E-state index < -0.39 is 29.8 Å². The highest BCUT2D eigenvalue weighted by Gasteiger charge is 2.35. The van der Waals surface area contributed by atoms with Crippen LogP contribution in [0.4, 0.5) is 0 Å². The van der Waals surface area contributed by atoms with Crippen molar-refractivity contribution in [2.75, 3.05) is 5.75 Å². The average molecular weight is 440 g/mol. The molecule has 2 aromatic carbocycles. The second-order valence-electron chi connectivity index (χ2n) is 6.61. The lowest BCUT2D eigenvalue weighted by molar-refractivity contribution is 0.442. The monoisotopic (exact) mass is 439 g/mol. The zero-order valence-corrected chi connectivity index (χ0v) is 17.6. The Hall–Kier alpha value is -2.16. The zero-order chi connectivity index (χ0) is 20.5. The summed E-state index contributed by atoms with van der Waals surface area (Å²) in [6, 6.07) is 13.9. The SMILES string of the molecule is CC(C)CS(=O)(=O)c1oc(-c2ccccc2)nc1S(=O)(=O)c1ccc(Cl)cc1. The van der Waals surface area contributed by atoms with E-state index in [1.807, 2.05) is 0 Å². The van der Waals surface area contributed by atoms with E-state index in [4.69, 9.17) is 16.0 Å². The molecule has 0 radical (unpaired) electrons. The third-order valence-corrected chi connectivity index (χ3v) is 7.81. The van der Waals surface area contributed by atoms with Crippen molar-refractivity contribution in [1.29, 1.82) is 0 Å². The van der Waals surface area contributed by atoms with Crippen LogP contribution in [0, 0.1) is 5.92 Å². The molecule has 0 aliphatic carbocycles. The maximum atomic E-state index is 13.1. The van der Waals surface area contributed by atoms with Gasteiger partial charge in [0.25, 0.3) is 5.09 Å². The second-order valence-corrected chi connectivity index (χ2v) is 10.8. The van der Waals surface area contributed by atoms with Crippen molar-refractivity contribution in [3.8, 4) is 11.5 Å². The summed E-state index contributed by atoms with van der Waals surface area (Å²) in [5.74, 6) is -0.559. The van der Waals surface area contributed by atoms with Gasteiger partial charge in [-0.15, -0.1) is 0 Å². The fourth-order valence-corrected chi connectivity index (χ4v) is 6.17. The molecule has 0 spiro atoms. The summed E-state index contributed by atoms with van der Waals surface area (Å²) in [5, 5.41) is -0.902. The number of hydrogen-bond acceptors (Lipinski definition) is 6. The quantitative estimate of drug-likeness (QED) is 0.569. The van der Waals surface area contributed by atoms with Gasteiger partial charge in [-0.25, -0.2) is 16.8 Å². The highest BCUT2D eigenvalue weighted by molar-refractivity contribution is 7.94. The molecular weight excluding hydrogens is 422 g/mol. The number of hydrogen-bond donors (Lipinski definition) is 0. The number of halogens is 1. The molecule has 0 saturated heterocycles. The van der Waals surface area contributed by atoms with Crippen molar-refractivity contribution < 1.29 is 21.3 Å². The first-order chi connectivity index (χ1) is 13.1. The van der Waals surface area contributed by atoms with Crippen LogP contribution < -0.4 is 0 Å². The molecule has 1 aromatic heterocycles. The summed E-state index contributed by atoms with van der Waals surface area (Å²) < 4.78 is 57.4. The van der Waals surface area contributed by atoms with Gasteiger partial charge in [-0.05, 0) is 42.3 Å². The van der Waals surface area contributed by atoms with Crippen LogP contribution in [0.15, 0.2) is 74.0 Å². The summed E-state index contributed by atoms with van der Waals surface area (Å²) in [6.07, 6.45) is 0. The van der Waals surface area contributed by atoms with Gasteiger partial charge >= 0.3 is 0 Å². The van der Waals surface area contributed by atoms with E-state index >= 15 is 0 Å². The normalized spacial score (nSPS) is 12.4. The highest BCUT2D eigenvalue weighted by Crippen LogP contribution is 2.33. The Kier molecular flexibility index (Phi) is 5.65. The minimum absolute atomic E-state index is 0.0736. The average Bonchev–Trinajstić information content (AvgIpc) is 3.09. The van der Waals surface area contributed by atoms with Crippen LogP contribution in [0.2, 0.25) is 5.02 Å². The van der Waals surface area contributed by atoms with E-state index in [-0.39, 0.29) is 22.5 Å². The topological polar surface area (TPSA) is 94.3 Å². The molecule has 3 aromatic rings. The maximum absolute atomic E-state index is 13.1. The number of benzene rings is 2. The summed E-state index contributed by atoms with van der Waals surface area (Å²) in [6.45, 7) is 3.44. The lowest BCUT2D eigenvalue weighted by Crippen LogP contribution is -2.15. The Morgan fingerprint density at radius 1 is 0.964 bits per heavy atom. The van der Waals surface area contributed by atoms with E-state index in [9.17, 15) is 16.8 Å². The number of oxazole rings is 1. The Balaban J connectivity index is 2.24. The maximum Gasteiger partial charge on any atom is 0.258 e. The predicted octanol–water partition coefficient (Wildman–Crippen LogP) is 4.26. The molecule has 0 fully saturated rings. The molecule has 3 rings (SSSR count). The molecule has 6 nitrogen and oxygen atoms in total. The molecular formula is C19H18ClNO5S2. The van der Waals surface area contributed by atoms with Gasteiger partial charge in [-0.3, -0.25) is 0 Å². The second kappa shape index (κ2) is 7.69. The van der Waals surface area contributed by atoms with Gasteiger partial charge in [0, 0.05) is 10.6 Å². The Morgan fingerprint density at radius 3 is 2.14 bits per heavy atom. The number of aromatic nitrogens is 1. The summed E-state index contributed by atoms with van der Waals surface area (Å²) in [4.78, 5) is 3.94. The molecule has 9 heteroatoms. The molecule has 1 heterocycles. The standard InChI is InChI=1S/C19H18ClNO5S2/c1-13(2)12-27(22,23)19-18(21-17(26-19)14-6-4-3-5-7-14)28(24,25)16-10-8-15(20)9-11-16/h3-11,13H,12H2,1-2H3. The van der Waals surface area contributed by atoms with Crippen LogP contribution in [0.25, 0.3) is 11.5 Å². The number of nitrogens with zero attached hydrogens (tertiary/aromatic N) is 1. The van der Waals surface area contributed by atoms with E-state index in [0.717, 1.165) is 0 Å². The van der Waals surface area contributed by atoms with E-state index in [0.29, 0.717) is 10.6 Å². The molecule has 0 bridgehead atoms. The van der Waals surface area contributed by atoms with Crippen molar-refractivity contribution >= 4 is 31.3 Å². The molecule has 0 atom stereocenters. The van der Waals surface area contributed by atoms with Gasteiger partial charge in [0.05, 0.1) is 10.6 Å². The van der Waals surface area contributed by atoms with Gasteiger partial charge in [0.15, 0.2) is 0 Å². The molecule has 0 N–H and O–H groups in total. The molecule has 148 valence electrons. The van der Waals surface area contributed by atoms with Gasteiger partial charge in [-0.1, -0.05) is 43.6 Å². The molecule has 0 amide bonds. The zero-order valence-electron chi connectivity index (χ0n) is 15.2. The number of sulfone groups is 2. The minimum Gasteiger partial charge on any atom is -0.423 e. The molecule has 0 unspecified atom stereocenters. The first kappa shape index (κ1) is 20.6.